The number of amides is 1. The van der Waals surface area contributed by atoms with E-state index in [9.17, 15) is 4.79 Å². The third kappa shape index (κ3) is 2.61. The van der Waals surface area contributed by atoms with Crippen LogP contribution in [-0.4, -0.2) is 24.0 Å². The molecule has 1 aromatic rings. The van der Waals surface area contributed by atoms with Crippen LogP contribution in [0.1, 0.15) is 12.8 Å². The topological polar surface area (TPSA) is 85.2 Å². The molecule has 0 aromatic carbocycles. The first-order valence-corrected chi connectivity index (χ1v) is 5.92. The third-order valence-corrected chi connectivity index (χ3v) is 3.21. The minimum absolute atomic E-state index is 0.135. The van der Waals surface area contributed by atoms with Crippen LogP contribution in [0.2, 0.25) is 5.15 Å². The number of nitrogens with zero attached hydrogens (tertiary/aromatic N) is 2. The summed E-state index contributed by atoms with van der Waals surface area (Å²) in [5, 5.41) is 0.399. The lowest BCUT2D eigenvalue weighted by Crippen LogP contribution is -2.41. The van der Waals surface area contributed by atoms with Crippen LogP contribution in [0.15, 0.2) is 12.1 Å². The number of hydrogen-bond donors (Lipinski definition) is 2. The Morgan fingerprint density at radius 1 is 1.53 bits per heavy atom. The Morgan fingerprint density at radius 3 is 3.00 bits per heavy atom. The van der Waals surface area contributed by atoms with E-state index in [0.29, 0.717) is 23.2 Å². The SMILES string of the molecule is NC(=O)C1CCCN(c2nc(Cl)ccc2N)C1. The Labute approximate surface area is 105 Å². The van der Waals surface area contributed by atoms with E-state index in [0.717, 1.165) is 19.4 Å². The predicted octanol–water partition coefficient (Wildman–Crippen LogP) is 1.02. The lowest BCUT2D eigenvalue weighted by atomic mass is 9.97. The van der Waals surface area contributed by atoms with Gasteiger partial charge in [0.2, 0.25) is 5.91 Å². The van der Waals surface area contributed by atoms with Gasteiger partial charge < -0.3 is 16.4 Å². The number of nitrogen functional groups attached to an aromatic ring is 1. The molecule has 0 aliphatic carbocycles. The number of carbonyl (C=O) groups is 1. The quantitative estimate of drug-likeness (QED) is 0.772. The molecule has 1 aliphatic rings. The highest BCUT2D eigenvalue weighted by molar-refractivity contribution is 6.29. The molecule has 1 aromatic heterocycles. The van der Waals surface area contributed by atoms with Crippen LogP contribution in [0.4, 0.5) is 11.5 Å². The highest BCUT2D eigenvalue weighted by Gasteiger charge is 2.25. The molecular weight excluding hydrogens is 240 g/mol. The normalized spacial score (nSPS) is 20.3. The van der Waals surface area contributed by atoms with Crippen LogP contribution < -0.4 is 16.4 Å². The van der Waals surface area contributed by atoms with Gasteiger partial charge in [-0.3, -0.25) is 4.79 Å². The molecule has 1 fully saturated rings. The molecule has 1 saturated heterocycles. The van der Waals surface area contributed by atoms with Crippen LogP contribution >= 0.6 is 11.6 Å². The molecule has 1 aliphatic heterocycles. The number of rotatable bonds is 2. The van der Waals surface area contributed by atoms with Crippen LogP contribution in [0.25, 0.3) is 0 Å². The van der Waals surface area contributed by atoms with Crippen molar-refractivity contribution in [3.63, 3.8) is 0 Å². The number of nitrogens with two attached hydrogens (primary N) is 2. The summed E-state index contributed by atoms with van der Waals surface area (Å²) in [4.78, 5) is 17.4. The summed E-state index contributed by atoms with van der Waals surface area (Å²) >= 11 is 5.85. The zero-order chi connectivity index (χ0) is 12.4. The number of pyridine rings is 1. The summed E-state index contributed by atoms with van der Waals surface area (Å²) in [5.41, 5.74) is 11.8. The maximum Gasteiger partial charge on any atom is 0.222 e. The lowest BCUT2D eigenvalue weighted by Gasteiger charge is -2.32. The molecule has 2 heterocycles. The number of aromatic nitrogens is 1. The van der Waals surface area contributed by atoms with Crippen LogP contribution in [0, 0.1) is 5.92 Å². The van der Waals surface area contributed by atoms with Crippen molar-refractivity contribution in [3.05, 3.63) is 17.3 Å². The summed E-state index contributed by atoms with van der Waals surface area (Å²) < 4.78 is 0. The number of hydrogen-bond acceptors (Lipinski definition) is 4. The monoisotopic (exact) mass is 254 g/mol. The Bertz CT molecular complexity index is 437. The molecule has 5 nitrogen and oxygen atoms in total. The van der Waals surface area contributed by atoms with E-state index in [1.807, 2.05) is 4.90 Å². The number of halogens is 1. The van der Waals surface area contributed by atoms with Gasteiger partial charge in [-0.2, -0.15) is 0 Å². The van der Waals surface area contributed by atoms with E-state index in [-0.39, 0.29) is 11.8 Å². The Morgan fingerprint density at radius 2 is 2.29 bits per heavy atom. The van der Waals surface area contributed by atoms with E-state index in [1.54, 1.807) is 12.1 Å². The van der Waals surface area contributed by atoms with Crippen molar-refractivity contribution >= 4 is 29.0 Å². The first-order valence-electron chi connectivity index (χ1n) is 5.54. The number of anilines is 2. The molecule has 92 valence electrons. The second kappa shape index (κ2) is 4.79. The van der Waals surface area contributed by atoms with Gasteiger partial charge in [-0.1, -0.05) is 11.6 Å². The van der Waals surface area contributed by atoms with Crippen molar-refractivity contribution in [2.45, 2.75) is 12.8 Å². The highest BCUT2D eigenvalue weighted by atomic mass is 35.5. The molecule has 4 N–H and O–H groups in total. The first kappa shape index (κ1) is 12.0. The molecular formula is C11H15ClN4O. The molecule has 1 atom stereocenters. The third-order valence-electron chi connectivity index (χ3n) is 2.99. The van der Waals surface area contributed by atoms with Gasteiger partial charge in [0.05, 0.1) is 11.6 Å². The number of primary amides is 1. The number of piperidine rings is 1. The molecule has 0 saturated carbocycles. The van der Waals surface area contributed by atoms with Crippen molar-refractivity contribution in [1.82, 2.24) is 4.98 Å². The zero-order valence-electron chi connectivity index (χ0n) is 9.40. The van der Waals surface area contributed by atoms with E-state index in [1.165, 1.54) is 0 Å². The Kier molecular flexibility index (Phi) is 3.38. The standard InChI is InChI=1S/C11H15ClN4O/c12-9-4-3-8(13)11(15-9)16-5-1-2-7(6-16)10(14)17/h3-4,7H,1-2,5-6,13H2,(H2,14,17). The predicted molar refractivity (Wildman–Crippen MR) is 67.8 cm³/mol. The Balaban J connectivity index is 2.21. The maximum absolute atomic E-state index is 11.2. The second-order valence-electron chi connectivity index (χ2n) is 4.23. The minimum atomic E-state index is -0.268. The fraction of sp³-hybridized carbons (Fsp3) is 0.455. The molecule has 1 amide bonds. The first-order chi connectivity index (χ1) is 8.08. The minimum Gasteiger partial charge on any atom is -0.396 e. The van der Waals surface area contributed by atoms with Gasteiger partial charge in [-0.25, -0.2) is 4.98 Å². The number of carbonyl (C=O) groups excluding carboxylic acids is 1. The van der Waals surface area contributed by atoms with Crippen molar-refractivity contribution in [3.8, 4) is 0 Å². The van der Waals surface area contributed by atoms with E-state index in [2.05, 4.69) is 4.98 Å². The maximum atomic E-state index is 11.2. The van der Waals surface area contributed by atoms with Crippen LogP contribution in [0.3, 0.4) is 0 Å². The summed E-state index contributed by atoms with van der Waals surface area (Å²) in [6, 6.07) is 3.37. The average molecular weight is 255 g/mol. The molecule has 1 unspecified atom stereocenters. The van der Waals surface area contributed by atoms with Crippen molar-refractivity contribution in [2.75, 3.05) is 23.7 Å². The smallest absolute Gasteiger partial charge is 0.222 e. The highest BCUT2D eigenvalue weighted by Crippen LogP contribution is 2.27. The summed E-state index contributed by atoms with van der Waals surface area (Å²) in [5.74, 6) is 0.239. The van der Waals surface area contributed by atoms with Crippen molar-refractivity contribution < 1.29 is 4.79 Å². The largest absolute Gasteiger partial charge is 0.396 e. The molecule has 6 heteroatoms. The van der Waals surface area contributed by atoms with Gasteiger partial charge in [0, 0.05) is 13.1 Å². The molecule has 0 spiro atoms. The molecule has 17 heavy (non-hydrogen) atoms. The summed E-state index contributed by atoms with van der Waals surface area (Å²) in [6.07, 6.45) is 1.73. The van der Waals surface area contributed by atoms with Gasteiger partial charge in [0.1, 0.15) is 5.15 Å². The van der Waals surface area contributed by atoms with Gasteiger partial charge in [-0.15, -0.1) is 0 Å². The fourth-order valence-electron chi connectivity index (χ4n) is 2.09. The van der Waals surface area contributed by atoms with E-state index in [4.69, 9.17) is 23.1 Å². The van der Waals surface area contributed by atoms with Gasteiger partial charge >= 0.3 is 0 Å². The fourth-order valence-corrected chi connectivity index (χ4v) is 2.23. The molecule has 2 rings (SSSR count). The van der Waals surface area contributed by atoms with Gasteiger partial charge in [0.15, 0.2) is 5.82 Å². The van der Waals surface area contributed by atoms with E-state index >= 15 is 0 Å². The van der Waals surface area contributed by atoms with Gasteiger partial charge in [-0.05, 0) is 25.0 Å². The lowest BCUT2D eigenvalue weighted by molar-refractivity contribution is -0.122. The average Bonchev–Trinajstić information content (AvgIpc) is 2.32. The van der Waals surface area contributed by atoms with E-state index < -0.39 is 0 Å². The second-order valence-corrected chi connectivity index (χ2v) is 4.62. The van der Waals surface area contributed by atoms with Crippen LogP contribution in [0.5, 0.6) is 0 Å². The van der Waals surface area contributed by atoms with Crippen molar-refractivity contribution in [2.24, 2.45) is 11.7 Å². The molecule has 0 bridgehead atoms. The molecule has 0 radical (unpaired) electrons. The Hall–Kier alpha value is -1.49. The zero-order valence-corrected chi connectivity index (χ0v) is 10.2. The van der Waals surface area contributed by atoms with Gasteiger partial charge in [0.25, 0.3) is 0 Å². The summed E-state index contributed by atoms with van der Waals surface area (Å²) in [7, 11) is 0. The van der Waals surface area contributed by atoms with Crippen molar-refractivity contribution in [1.29, 1.82) is 0 Å². The van der Waals surface area contributed by atoms with Crippen LogP contribution in [-0.2, 0) is 4.79 Å². The summed E-state index contributed by atoms with van der Waals surface area (Å²) in [6.45, 7) is 1.38.